The number of hydrogen-bond acceptors (Lipinski definition) is 4. The Morgan fingerprint density at radius 3 is 2.21 bits per heavy atom. The number of urea groups is 1. The number of rotatable bonds is 3. The van der Waals surface area contributed by atoms with Crippen LogP contribution in [0.4, 0.5) is 16.2 Å². The number of anilines is 2. The number of carbonyl (C=O) groups excluding carboxylic acids is 2. The van der Waals surface area contributed by atoms with Crippen LogP contribution in [0.2, 0.25) is 0 Å². The highest BCUT2D eigenvalue weighted by atomic mass is 32.2. The maximum atomic E-state index is 13.4. The number of Topliss-reactive ketones (excluding diaryl/α,β-unsaturated/α-hetero) is 1. The highest BCUT2D eigenvalue weighted by Crippen LogP contribution is 2.39. The van der Waals surface area contributed by atoms with E-state index in [0.717, 1.165) is 9.87 Å². The molecule has 2 amide bonds. The van der Waals surface area contributed by atoms with Gasteiger partial charge in [0.05, 0.1) is 17.9 Å². The Kier molecular flexibility index (Phi) is 4.83. The number of para-hydroxylation sites is 1. The Bertz CT molecular complexity index is 1070. The summed E-state index contributed by atoms with van der Waals surface area (Å²) >= 11 is 0. The molecule has 0 aliphatic carbocycles. The zero-order chi connectivity index (χ0) is 20.9. The van der Waals surface area contributed by atoms with Crippen LogP contribution in [0.15, 0.2) is 47.4 Å². The Morgan fingerprint density at radius 1 is 0.964 bits per heavy atom. The van der Waals surface area contributed by atoms with Gasteiger partial charge >= 0.3 is 6.03 Å². The van der Waals surface area contributed by atoms with Crippen LogP contribution < -0.4 is 9.21 Å². The summed E-state index contributed by atoms with van der Waals surface area (Å²) in [6.45, 7) is 8.75. The second-order valence-electron chi connectivity index (χ2n) is 8.00. The van der Waals surface area contributed by atoms with Gasteiger partial charge in [-0.05, 0) is 43.2 Å². The van der Waals surface area contributed by atoms with E-state index in [-0.39, 0.29) is 22.9 Å². The van der Waals surface area contributed by atoms with Gasteiger partial charge in [-0.25, -0.2) is 13.2 Å². The van der Waals surface area contributed by atoms with Gasteiger partial charge in [-0.2, -0.15) is 4.31 Å². The lowest BCUT2D eigenvalue weighted by molar-refractivity contribution is -0.124. The predicted octanol–water partition coefficient (Wildman–Crippen LogP) is 4.05. The molecule has 148 valence electrons. The highest BCUT2D eigenvalue weighted by Gasteiger charge is 2.44. The van der Waals surface area contributed by atoms with Crippen molar-refractivity contribution in [2.24, 2.45) is 5.41 Å². The van der Waals surface area contributed by atoms with Crippen LogP contribution in [0, 0.1) is 19.3 Å². The molecule has 1 aliphatic rings. The topological polar surface area (TPSA) is 74.8 Å². The Labute approximate surface area is 165 Å². The van der Waals surface area contributed by atoms with Crippen molar-refractivity contribution in [3.05, 3.63) is 53.6 Å². The van der Waals surface area contributed by atoms with E-state index in [1.807, 2.05) is 13.0 Å². The fraction of sp³-hybridized carbons (Fsp3) is 0.333. The lowest BCUT2D eigenvalue weighted by Gasteiger charge is -2.37. The molecule has 0 aromatic heterocycles. The molecule has 0 spiro atoms. The molecular formula is C21H24N2O4S. The summed E-state index contributed by atoms with van der Waals surface area (Å²) in [4.78, 5) is 27.3. The van der Waals surface area contributed by atoms with Crippen LogP contribution in [0.3, 0.4) is 0 Å². The van der Waals surface area contributed by atoms with Gasteiger partial charge in [-0.3, -0.25) is 9.69 Å². The van der Waals surface area contributed by atoms with Gasteiger partial charge in [0.1, 0.15) is 4.90 Å². The van der Waals surface area contributed by atoms with E-state index in [9.17, 15) is 18.0 Å². The molecule has 0 fully saturated rings. The largest absolute Gasteiger partial charge is 0.343 e. The first-order valence-corrected chi connectivity index (χ1v) is 10.5. The first kappa shape index (κ1) is 20.1. The first-order valence-electron chi connectivity index (χ1n) is 9.01. The van der Waals surface area contributed by atoms with E-state index < -0.39 is 21.5 Å². The van der Waals surface area contributed by atoms with Crippen molar-refractivity contribution in [2.45, 2.75) is 39.5 Å². The summed E-state index contributed by atoms with van der Waals surface area (Å²) in [5.74, 6) is -0.157. The molecule has 0 saturated carbocycles. The monoisotopic (exact) mass is 400 g/mol. The minimum atomic E-state index is -4.10. The molecule has 3 rings (SSSR count). The van der Waals surface area contributed by atoms with Crippen LogP contribution in [0.5, 0.6) is 0 Å². The molecule has 0 atom stereocenters. The minimum absolute atomic E-state index is 0.0113. The third kappa shape index (κ3) is 3.20. The minimum Gasteiger partial charge on any atom is -0.297 e. The van der Waals surface area contributed by atoms with Gasteiger partial charge in [0, 0.05) is 5.41 Å². The normalized spacial score (nSPS) is 16.1. The van der Waals surface area contributed by atoms with E-state index in [4.69, 9.17) is 0 Å². The fourth-order valence-electron chi connectivity index (χ4n) is 3.03. The molecule has 2 aromatic carbocycles. The van der Waals surface area contributed by atoms with Gasteiger partial charge in [-0.1, -0.05) is 45.0 Å². The lowest BCUT2D eigenvalue weighted by Crippen LogP contribution is -2.53. The van der Waals surface area contributed by atoms with Gasteiger partial charge in [0.15, 0.2) is 5.78 Å². The summed E-state index contributed by atoms with van der Waals surface area (Å²) in [5.41, 5.74) is 1.44. The van der Waals surface area contributed by atoms with Crippen molar-refractivity contribution in [2.75, 3.05) is 15.7 Å². The third-order valence-electron chi connectivity index (χ3n) is 5.01. The molecule has 0 N–H and O–H groups in total. The first-order chi connectivity index (χ1) is 13.0. The summed E-state index contributed by atoms with van der Waals surface area (Å²) in [5, 5.41) is 0. The smallest absolute Gasteiger partial charge is 0.297 e. The summed E-state index contributed by atoms with van der Waals surface area (Å²) < 4.78 is 27.4. The Balaban J connectivity index is 2.22. The van der Waals surface area contributed by atoms with Gasteiger partial charge < -0.3 is 0 Å². The van der Waals surface area contributed by atoms with Crippen molar-refractivity contribution in [1.82, 2.24) is 0 Å². The van der Waals surface area contributed by atoms with E-state index in [1.165, 1.54) is 11.0 Å². The Morgan fingerprint density at radius 2 is 1.57 bits per heavy atom. The molecule has 0 radical (unpaired) electrons. The quantitative estimate of drug-likeness (QED) is 0.779. The summed E-state index contributed by atoms with van der Waals surface area (Å²) in [7, 11) is -4.10. The number of benzene rings is 2. The van der Waals surface area contributed by atoms with Crippen LogP contribution in [-0.4, -0.2) is 26.8 Å². The maximum absolute atomic E-state index is 13.4. The predicted molar refractivity (Wildman–Crippen MR) is 109 cm³/mol. The number of aryl methyl sites for hydroxylation is 1. The van der Waals surface area contributed by atoms with Crippen molar-refractivity contribution in [3.63, 3.8) is 0 Å². The van der Waals surface area contributed by atoms with E-state index in [0.29, 0.717) is 11.3 Å². The molecule has 0 saturated heterocycles. The molecule has 28 heavy (non-hydrogen) atoms. The van der Waals surface area contributed by atoms with E-state index in [2.05, 4.69) is 0 Å². The van der Waals surface area contributed by atoms with Gasteiger partial charge in [-0.15, -0.1) is 0 Å². The SMILES string of the molecule is Cc1cccc(N2C(=O)N(CC(=O)C(C)(C)C)c3ccccc3S2(=O)=O)c1C. The van der Waals surface area contributed by atoms with Crippen molar-refractivity contribution in [1.29, 1.82) is 0 Å². The van der Waals surface area contributed by atoms with Crippen LogP contribution >= 0.6 is 0 Å². The van der Waals surface area contributed by atoms with Crippen LogP contribution in [-0.2, 0) is 14.8 Å². The van der Waals surface area contributed by atoms with Gasteiger partial charge in [0.25, 0.3) is 10.0 Å². The van der Waals surface area contributed by atoms with Crippen molar-refractivity contribution < 1.29 is 18.0 Å². The summed E-state index contributed by atoms with van der Waals surface area (Å²) in [6, 6.07) is 10.7. The van der Waals surface area contributed by atoms with Crippen LogP contribution in [0.1, 0.15) is 31.9 Å². The number of amides is 2. The molecule has 6 nitrogen and oxygen atoms in total. The molecule has 7 heteroatoms. The zero-order valence-corrected chi connectivity index (χ0v) is 17.5. The molecule has 2 aromatic rings. The third-order valence-corrected chi connectivity index (χ3v) is 6.75. The second-order valence-corrected chi connectivity index (χ2v) is 9.75. The molecular weight excluding hydrogens is 376 g/mol. The number of nitrogens with zero attached hydrogens (tertiary/aromatic N) is 2. The number of carbonyl (C=O) groups is 2. The molecule has 0 unspecified atom stereocenters. The molecule has 0 bridgehead atoms. The highest BCUT2D eigenvalue weighted by molar-refractivity contribution is 7.94. The standard InChI is InChI=1S/C21H24N2O4S/c1-14-9-8-11-16(15(14)2)23-20(25)22(13-19(24)21(3,4)5)17-10-6-7-12-18(17)28(23,26)27/h6-12H,13H2,1-5H3. The van der Waals surface area contributed by atoms with E-state index >= 15 is 0 Å². The van der Waals surface area contributed by atoms with Crippen LogP contribution in [0.25, 0.3) is 0 Å². The average Bonchev–Trinajstić information content (AvgIpc) is 2.61. The fourth-order valence-corrected chi connectivity index (χ4v) is 4.68. The Hall–Kier alpha value is -2.67. The average molecular weight is 401 g/mol. The number of sulfonamides is 1. The lowest BCUT2D eigenvalue weighted by atomic mass is 9.90. The van der Waals surface area contributed by atoms with Gasteiger partial charge in [0.2, 0.25) is 0 Å². The summed E-state index contributed by atoms with van der Waals surface area (Å²) in [6.07, 6.45) is 0. The van der Waals surface area contributed by atoms with E-state index in [1.54, 1.807) is 58.0 Å². The number of ketones is 1. The number of fused-ring (bicyclic) bond motifs is 1. The van der Waals surface area contributed by atoms with Crippen molar-refractivity contribution >= 4 is 33.2 Å². The zero-order valence-electron chi connectivity index (χ0n) is 16.7. The van der Waals surface area contributed by atoms with Crippen molar-refractivity contribution in [3.8, 4) is 0 Å². The molecule has 1 heterocycles. The maximum Gasteiger partial charge on any atom is 0.343 e. The number of hydrogen-bond donors (Lipinski definition) is 0. The molecule has 1 aliphatic heterocycles. The second kappa shape index (κ2) is 6.74.